The topological polar surface area (TPSA) is 46.5 Å². The van der Waals surface area contributed by atoms with Crippen LogP contribution in [0.25, 0.3) is 0 Å². The molecule has 4 fully saturated rings. The summed E-state index contributed by atoms with van der Waals surface area (Å²) >= 11 is 0. The smallest absolute Gasteiger partial charge is 0.308 e. The lowest BCUT2D eigenvalue weighted by atomic mass is 9.44. The van der Waals surface area contributed by atoms with Crippen molar-refractivity contribution in [2.24, 2.45) is 46.3 Å². The first-order chi connectivity index (χ1) is 12.3. The lowest BCUT2D eigenvalue weighted by Gasteiger charge is -2.61. The third kappa shape index (κ3) is 2.59. The van der Waals surface area contributed by atoms with Crippen LogP contribution in [0.15, 0.2) is 0 Å². The van der Waals surface area contributed by atoms with Crippen LogP contribution < -0.4 is 0 Å². The summed E-state index contributed by atoms with van der Waals surface area (Å²) in [5, 5.41) is 10.2. The van der Waals surface area contributed by atoms with Crippen LogP contribution in [0.3, 0.4) is 0 Å². The van der Waals surface area contributed by atoms with Gasteiger partial charge in [0.25, 0.3) is 0 Å². The number of methoxy groups -OCH3 is 1. The van der Waals surface area contributed by atoms with Gasteiger partial charge in [0.1, 0.15) is 0 Å². The minimum atomic E-state index is -0.0600. The minimum Gasteiger partial charge on any atom is -0.469 e. The standard InChI is InChI=1S/C23H38O3/c1-14(21(25)26-4)18-7-8-19-17-6-5-15-13-16(24)9-11-22(15,2)20(17)10-12-23(18,19)3/h14-20,24H,5-13H2,1-4H3/t14-,15+,16+,17-,18+,19-,20-,22+,23+/m1/s1. The van der Waals surface area contributed by atoms with E-state index in [0.29, 0.717) is 16.7 Å². The molecule has 4 aliphatic rings. The van der Waals surface area contributed by atoms with Gasteiger partial charge in [0, 0.05) is 0 Å². The van der Waals surface area contributed by atoms with Gasteiger partial charge in [0.2, 0.25) is 0 Å². The fourth-order valence-corrected chi connectivity index (χ4v) is 8.45. The molecule has 4 saturated carbocycles. The maximum Gasteiger partial charge on any atom is 0.308 e. The van der Waals surface area contributed by atoms with Gasteiger partial charge in [-0.05, 0) is 98.2 Å². The van der Waals surface area contributed by atoms with Crippen molar-refractivity contribution in [1.29, 1.82) is 0 Å². The Kier molecular flexibility index (Phi) is 4.69. The van der Waals surface area contributed by atoms with Gasteiger partial charge >= 0.3 is 5.97 Å². The lowest BCUT2D eigenvalue weighted by molar-refractivity contribution is -0.153. The molecule has 0 heterocycles. The first kappa shape index (κ1) is 18.8. The third-order valence-electron chi connectivity index (χ3n) is 9.89. The molecule has 0 aromatic carbocycles. The van der Waals surface area contributed by atoms with Gasteiger partial charge in [-0.15, -0.1) is 0 Å². The van der Waals surface area contributed by atoms with Crippen molar-refractivity contribution in [2.75, 3.05) is 7.11 Å². The molecule has 26 heavy (non-hydrogen) atoms. The monoisotopic (exact) mass is 362 g/mol. The van der Waals surface area contributed by atoms with Crippen molar-refractivity contribution in [3.05, 3.63) is 0 Å². The van der Waals surface area contributed by atoms with Crippen molar-refractivity contribution >= 4 is 5.97 Å². The average molecular weight is 363 g/mol. The Morgan fingerprint density at radius 2 is 1.69 bits per heavy atom. The van der Waals surface area contributed by atoms with E-state index in [1.807, 2.05) is 0 Å². The van der Waals surface area contributed by atoms with Gasteiger partial charge in [-0.1, -0.05) is 20.8 Å². The number of esters is 1. The molecule has 0 spiro atoms. The van der Waals surface area contributed by atoms with Gasteiger partial charge in [0.05, 0.1) is 19.1 Å². The summed E-state index contributed by atoms with van der Waals surface area (Å²) in [6, 6.07) is 0. The lowest BCUT2D eigenvalue weighted by Crippen LogP contribution is -2.54. The predicted molar refractivity (Wildman–Crippen MR) is 102 cm³/mol. The van der Waals surface area contributed by atoms with Gasteiger partial charge in [0.15, 0.2) is 0 Å². The van der Waals surface area contributed by atoms with Gasteiger partial charge in [-0.25, -0.2) is 0 Å². The van der Waals surface area contributed by atoms with Crippen molar-refractivity contribution < 1.29 is 14.6 Å². The Bertz CT molecular complexity index is 560. The van der Waals surface area contributed by atoms with Crippen LogP contribution in [0.5, 0.6) is 0 Å². The summed E-state index contributed by atoms with van der Waals surface area (Å²) in [4.78, 5) is 12.2. The maximum absolute atomic E-state index is 12.2. The van der Waals surface area contributed by atoms with Gasteiger partial charge in [-0.2, -0.15) is 0 Å². The molecule has 0 aliphatic heterocycles. The van der Waals surface area contributed by atoms with Crippen LogP contribution in [0.1, 0.15) is 78.6 Å². The van der Waals surface area contributed by atoms with Crippen LogP contribution in [-0.4, -0.2) is 24.3 Å². The van der Waals surface area contributed by atoms with E-state index in [1.54, 1.807) is 0 Å². The molecule has 0 bridgehead atoms. The van der Waals surface area contributed by atoms with Crippen LogP contribution in [0.4, 0.5) is 0 Å². The fraction of sp³-hybridized carbons (Fsp3) is 0.957. The van der Waals surface area contributed by atoms with Crippen LogP contribution in [-0.2, 0) is 9.53 Å². The van der Waals surface area contributed by atoms with Crippen molar-refractivity contribution in [3.63, 3.8) is 0 Å². The molecule has 0 aromatic heterocycles. The number of fused-ring (bicyclic) bond motifs is 5. The van der Waals surface area contributed by atoms with E-state index in [4.69, 9.17) is 4.74 Å². The Hall–Kier alpha value is -0.570. The summed E-state index contributed by atoms with van der Waals surface area (Å²) < 4.78 is 5.09. The summed E-state index contributed by atoms with van der Waals surface area (Å²) in [5.74, 6) is 3.67. The molecule has 9 atom stereocenters. The van der Waals surface area contributed by atoms with Crippen molar-refractivity contribution in [1.82, 2.24) is 0 Å². The minimum absolute atomic E-state index is 0.0177. The second-order valence-corrected chi connectivity index (χ2v) is 10.6. The number of hydrogen-bond acceptors (Lipinski definition) is 3. The quantitative estimate of drug-likeness (QED) is 0.717. The number of rotatable bonds is 2. The molecule has 0 radical (unpaired) electrons. The van der Waals surface area contributed by atoms with E-state index in [2.05, 4.69) is 20.8 Å². The zero-order chi connectivity index (χ0) is 18.7. The molecule has 0 aromatic rings. The SMILES string of the molecule is COC(=O)[C@H](C)[C@@H]1CC[C@@H]2[C@H]3CC[C@H]4C[C@@H](O)CC[C@]4(C)[C@@H]3CC[C@]21C. The fourth-order valence-electron chi connectivity index (χ4n) is 8.45. The average Bonchev–Trinajstić information content (AvgIpc) is 2.98. The highest BCUT2D eigenvalue weighted by molar-refractivity contribution is 5.72. The molecule has 0 amide bonds. The summed E-state index contributed by atoms with van der Waals surface area (Å²) in [6.07, 6.45) is 10.9. The summed E-state index contributed by atoms with van der Waals surface area (Å²) in [5.41, 5.74) is 0.752. The molecular formula is C23H38O3. The number of aliphatic hydroxyl groups is 1. The molecular weight excluding hydrogens is 324 g/mol. The molecule has 4 rings (SSSR count). The number of ether oxygens (including phenoxy) is 1. The first-order valence-electron chi connectivity index (χ1n) is 11.1. The number of aliphatic hydroxyl groups excluding tert-OH is 1. The number of carbonyl (C=O) groups excluding carboxylic acids is 1. The van der Waals surface area contributed by atoms with E-state index in [9.17, 15) is 9.90 Å². The molecule has 1 N–H and O–H groups in total. The van der Waals surface area contributed by atoms with Crippen LogP contribution in [0, 0.1) is 46.3 Å². The second-order valence-electron chi connectivity index (χ2n) is 10.6. The Morgan fingerprint density at radius 1 is 1.00 bits per heavy atom. The molecule has 0 unspecified atom stereocenters. The highest BCUT2D eigenvalue weighted by atomic mass is 16.5. The van der Waals surface area contributed by atoms with Crippen molar-refractivity contribution in [2.45, 2.75) is 84.7 Å². The van der Waals surface area contributed by atoms with E-state index >= 15 is 0 Å². The third-order valence-corrected chi connectivity index (χ3v) is 9.89. The molecule has 148 valence electrons. The number of carbonyl (C=O) groups is 1. The Labute approximate surface area is 159 Å². The Balaban J connectivity index is 1.57. The zero-order valence-electron chi connectivity index (χ0n) is 17.2. The normalized spacial score (nSPS) is 51.7. The maximum atomic E-state index is 12.2. The van der Waals surface area contributed by atoms with Crippen LogP contribution >= 0.6 is 0 Å². The zero-order valence-corrected chi connectivity index (χ0v) is 17.2. The van der Waals surface area contributed by atoms with Gasteiger partial charge in [-0.3, -0.25) is 4.79 Å². The van der Waals surface area contributed by atoms with Crippen LogP contribution in [0.2, 0.25) is 0 Å². The first-order valence-corrected chi connectivity index (χ1v) is 11.1. The molecule has 3 heteroatoms. The predicted octanol–water partition coefficient (Wildman–Crippen LogP) is 4.82. The highest BCUT2D eigenvalue weighted by Gasteiger charge is 2.61. The summed E-state index contributed by atoms with van der Waals surface area (Å²) in [6.45, 7) is 7.13. The molecule has 0 saturated heterocycles. The largest absolute Gasteiger partial charge is 0.469 e. The van der Waals surface area contributed by atoms with E-state index < -0.39 is 0 Å². The van der Waals surface area contributed by atoms with E-state index in [0.717, 1.165) is 36.5 Å². The second kappa shape index (κ2) is 6.50. The van der Waals surface area contributed by atoms with Gasteiger partial charge < -0.3 is 9.84 Å². The molecule has 3 nitrogen and oxygen atoms in total. The molecule has 4 aliphatic carbocycles. The number of hydrogen-bond donors (Lipinski definition) is 1. The summed E-state index contributed by atoms with van der Waals surface area (Å²) in [7, 11) is 1.53. The van der Waals surface area contributed by atoms with Crippen molar-refractivity contribution in [3.8, 4) is 0 Å². The Morgan fingerprint density at radius 3 is 2.42 bits per heavy atom. The van der Waals surface area contributed by atoms with E-state index in [1.165, 1.54) is 52.1 Å². The highest BCUT2D eigenvalue weighted by Crippen LogP contribution is 2.68. The van der Waals surface area contributed by atoms with E-state index in [-0.39, 0.29) is 18.0 Å².